The van der Waals surface area contributed by atoms with Gasteiger partial charge in [-0.3, -0.25) is 0 Å². The van der Waals surface area contributed by atoms with Crippen LogP contribution < -0.4 is 5.32 Å². The molecule has 1 aromatic carbocycles. The lowest BCUT2D eigenvalue weighted by atomic mass is 9.95. The lowest BCUT2D eigenvalue weighted by Gasteiger charge is -2.18. The Morgan fingerprint density at radius 2 is 1.86 bits per heavy atom. The van der Waals surface area contributed by atoms with Gasteiger partial charge in [-0.15, -0.1) is 0 Å². The first kappa shape index (κ1) is 16.3. The van der Waals surface area contributed by atoms with Crippen LogP contribution >= 0.6 is 15.9 Å². The molecular weight excluding hydrogens is 326 g/mol. The molecule has 1 unspecified atom stereocenters. The predicted molar refractivity (Wildman–Crippen MR) is 91.5 cm³/mol. The first-order valence-electron chi connectivity index (χ1n) is 7.61. The normalized spacial score (nSPS) is 12.8. The molecule has 2 nitrogen and oxygen atoms in total. The highest BCUT2D eigenvalue weighted by atomic mass is 79.9. The predicted octanol–water partition coefficient (Wildman–Crippen LogP) is 4.69. The fourth-order valence-electron chi connectivity index (χ4n) is 2.48. The maximum absolute atomic E-state index is 5.52. The standard InChI is InChI=1S/C18H24BrNO/c1-14(2)12-20-13-15(11-17-7-5-9-21-17)10-16-6-3-4-8-18(16)19/h3-9,14-15,20H,10-13H2,1-2H3. The molecule has 0 aliphatic heterocycles. The number of nitrogens with one attached hydrogen (secondary N) is 1. The maximum Gasteiger partial charge on any atom is 0.104 e. The summed E-state index contributed by atoms with van der Waals surface area (Å²) in [4.78, 5) is 0. The molecule has 0 saturated carbocycles. The van der Waals surface area contributed by atoms with Gasteiger partial charge in [0.1, 0.15) is 5.76 Å². The number of furan rings is 1. The van der Waals surface area contributed by atoms with E-state index in [9.17, 15) is 0 Å². The summed E-state index contributed by atoms with van der Waals surface area (Å²) >= 11 is 3.65. The highest BCUT2D eigenvalue weighted by Gasteiger charge is 2.14. The van der Waals surface area contributed by atoms with Crippen molar-refractivity contribution in [2.75, 3.05) is 13.1 Å². The Labute approximate surface area is 136 Å². The summed E-state index contributed by atoms with van der Waals surface area (Å²) in [6, 6.07) is 12.5. The number of benzene rings is 1. The first-order valence-corrected chi connectivity index (χ1v) is 8.41. The van der Waals surface area contributed by atoms with Crippen LogP contribution in [0.3, 0.4) is 0 Å². The van der Waals surface area contributed by atoms with Gasteiger partial charge >= 0.3 is 0 Å². The molecule has 3 heteroatoms. The Kier molecular flexibility index (Phi) is 6.52. The molecule has 1 heterocycles. The van der Waals surface area contributed by atoms with Gasteiger partial charge < -0.3 is 9.73 Å². The third kappa shape index (κ3) is 5.68. The molecule has 0 radical (unpaired) electrons. The van der Waals surface area contributed by atoms with Gasteiger partial charge in [0.15, 0.2) is 0 Å². The highest BCUT2D eigenvalue weighted by molar-refractivity contribution is 9.10. The molecule has 2 aromatic rings. The quantitative estimate of drug-likeness (QED) is 0.747. The summed E-state index contributed by atoms with van der Waals surface area (Å²) in [5.74, 6) is 2.28. The molecule has 0 fully saturated rings. The summed E-state index contributed by atoms with van der Waals surface area (Å²) in [5.41, 5.74) is 1.36. The average molecular weight is 350 g/mol. The minimum atomic E-state index is 0.536. The molecule has 0 saturated heterocycles. The van der Waals surface area contributed by atoms with Crippen LogP contribution in [0.4, 0.5) is 0 Å². The van der Waals surface area contributed by atoms with Gasteiger partial charge in [-0.25, -0.2) is 0 Å². The monoisotopic (exact) mass is 349 g/mol. The summed E-state index contributed by atoms with van der Waals surface area (Å²) in [6.07, 6.45) is 3.78. The van der Waals surface area contributed by atoms with Crippen LogP contribution in [-0.2, 0) is 12.8 Å². The van der Waals surface area contributed by atoms with Crippen molar-refractivity contribution in [3.05, 3.63) is 58.5 Å². The number of halogens is 1. The van der Waals surface area contributed by atoms with Crippen molar-refractivity contribution in [3.63, 3.8) is 0 Å². The zero-order valence-electron chi connectivity index (χ0n) is 12.8. The zero-order chi connectivity index (χ0) is 15.1. The van der Waals surface area contributed by atoms with E-state index >= 15 is 0 Å². The maximum atomic E-state index is 5.52. The van der Waals surface area contributed by atoms with Gasteiger partial charge in [-0.2, -0.15) is 0 Å². The zero-order valence-corrected chi connectivity index (χ0v) is 14.4. The topological polar surface area (TPSA) is 25.2 Å². The fourth-order valence-corrected chi connectivity index (χ4v) is 2.93. The highest BCUT2D eigenvalue weighted by Crippen LogP contribution is 2.21. The Morgan fingerprint density at radius 1 is 1.05 bits per heavy atom. The number of hydrogen-bond acceptors (Lipinski definition) is 2. The largest absolute Gasteiger partial charge is 0.469 e. The Balaban J connectivity index is 1.98. The van der Waals surface area contributed by atoms with E-state index in [1.54, 1.807) is 6.26 Å². The second-order valence-corrected chi connectivity index (χ2v) is 6.85. The van der Waals surface area contributed by atoms with Crippen molar-refractivity contribution in [2.45, 2.75) is 26.7 Å². The molecule has 0 bridgehead atoms. The van der Waals surface area contributed by atoms with Crippen molar-refractivity contribution in [3.8, 4) is 0 Å². The van der Waals surface area contributed by atoms with Crippen LogP contribution in [-0.4, -0.2) is 13.1 Å². The van der Waals surface area contributed by atoms with E-state index in [1.165, 1.54) is 10.0 Å². The van der Waals surface area contributed by atoms with Crippen molar-refractivity contribution in [1.82, 2.24) is 5.32 Å². The third-order valence-corrected chi connectivity index (χ3v) is 4.30. The molecule has 1 aromatic heterocycles. The molecule has 114 valence electrons. The van der Waals surface area contributed by atoms with Gasteiger partial charge in [0.05, 0.1) is 6.26 Å². The molecule has 1 atom stereocenters. The van der Waals surface area contributed by atoms with E-state index in [-0.39, 0.29) is 0 Å². The van der Waals surface area contributed by atoms with Gasteiger partial charge in [-0.05, 0) is 55.1 Å². The van der Waals surface area contributed by atoms with E-state index in [4.69, 9.17) is 4.42 Å². The summed E-state index contributed by atoms with van der Waals surface area (Å²) in [5, 5.41) is 3.58. The molecule has 0 aliphatic carbocycles. The number of rotatable bonds is 8. The fraction of sp³-hybridized carbons (Fsp3) is 0.444. The molecule has 21 heavy (non-hydrogen) atoms. The second kappa shape index (κ2) is 8.40. The van der Waals surface area contributed by atoms with Crippen molar-refractivity contribution in [1.29, 1.82) is 0 Å². The summed E-state index contributed by atoms with van der Waals surface area (Å²) in [7, 11) is 0. The van der Waals surface area contributed by atoms with E-state index in [0.29, 0.717) is 11.8 Å². The van der Waals surface area contributed by atoms with Crippen LogP contribution in [0.25, 0.3) is 0 Å². The number of hydrogen-bond donors (Lipinski definition) is 1. The molecular formula is C18H24BrNO. The van der Waals surface area contributed by atoms with Gasteiger partial charge in [0, 0.05) is 10.9 Å². The molecule has 0 amide bonds. The smallest absolute Gasteiger partial charge is 0.104 e. The van der Waals surface area contributed by atoms with Crippen LogP contribution in [0.2, 0.25) is 0 Å². The van der Waals surface area contributed by atoms with Crippen LogP contribution in [0.15, 0.2) is 51.6 Å². The minimum Gasteiger partial charge on any atom is -0.469 e. The molecule has 0 aliphatic rings. The van der Waals surface area contributed by atoms with E-state index in [0.717, 1.165) is 31.7 Å². The third-order valence-electron chi connectivity index (χ3n) is 3.52. The van der Waals surface area contributed by atoms with E-state index < -0.39 is 0 Å². The Hall–Kier alpha value is -1.06. The molecule has 0 spiro atoms. The van der Waals surface area contributed by atoms with Gasteiger partial charge in [0.25, 0.3) is 0 Å². The first-order chi connectivity index (χ1) is 10.1. The average Bonchev–Trinajstić information content (AvgIpc) is 2.93. The van der Waals surface area contributed by atoms with Crippen molar-refractivity contribution < 1.29 is 4.42 Å². The van der Waals surface area contributed by atoms with E-state index in [1.807, 2.05) is 6.07 Å². The van der Waals surface area contributed by atoms with Crippen molar-refractivity contribution >= 4 is 15.9 Å². The van der Waals surface area contributed by atoms with Crippen LogP contribution in [0.5, 0.6) is 0 Å². The SMILES string of the molecule is CC(C)CNCC(Cc1ccco1)Cc1ccccc1Br. The van der Waals surface area contributed by atoms with E-state index in [2.05, 4.69) is 65.4 Å². The lowest BCUT2D eigenvalue weighted by molar-refractivity contribution is 0.404. The van der Waals surface area contributed by atoms with Crippen LogP contribution in [0.1, 0.15) is 25.2 Å². The summed E-state index contributed by atoms with van der Waals surface area (Å²) in [6.45, 7) is 6.55. The summed E-state index contributed by atoms with van der Waals surface area (Å²) < 4.78 is 6.71. The second-order valence-electron chi connectivity index (χ2n) is 6.00. The van der Waals surface area contributed by atoms with Crippen molar-refractivity contribution in [2.24, 2.45) is 11.8 Å². The molecule has 1 N–H and O–H groups in total. The minimum absolute atomic E-state index is 0.536. The Bertz CT molecular complexity index is 522. The van der Waals surface area contributed by atoms with Crippen LogP contribution in [0, 0.1) is 11.8 Å². The Morgan fingerprint density at radius 3 is 2.52 bits per heavy atom. The van der Waals surface area contributed by atoms with Gasteiger partial charge in [-0.1, -0.05) is 48.0 Å². The lowest BCUT2D eigenvalue weighted by Crippen LogP contribution is -2.28. The molecule has 2 rings (SSSR count). The van der Waals surface area contributed by atoms with Gasteiger partial charge in [0.2, 0.25) is 0 Å².